The van der Waals surface area contributed by atoms with Crippen LogP contribution in [0, 0.1) is 0 Å². The lowest BCUT2D eigenvalue weighted by molar-refractivity contribution is -0.255. The number of carboxylic acids is 1. The number of nitrogens with one attached hydrogen (secondary N) is 1. The van der Waals surface area contributed by atoms with Gasteiger partial charge < -0.3 is 14.6 Å². The number of sulfonamides is 1. The van der Waals surface area contributed by atoms with Crippen molar-refractivity contribution in [2.45, 2.75) is 4.90 Å². The van der Waals surface area contributed by atoms with Gasteiger partial charge >= 0.3 is 0 Å². The van der Waals surface area contributed by atoms with E-state index in [1.165, 1.54) is 49.6 Å². The molecule has 0 aliphatic heterocycles. The minimum Gasteiger partial charge on any atom is -0.545 e. The van der Waals surface area contributed by atoms with Gasteiger partial charge in [-0.15, -0.1) is 0 Å². The molecule has 0 saturated carbocycles. The van der Waals surface area contributed by atoms with Crippen LogP contribution in [-0.4, -0.2) is 21.5 Å². The average Bonchev–Trinajstić information content (AvgIpc) is 2.47. The number of ether oxygens (including phenoxy) is 1. The fourth-order valence-electron chi connectivity index (χ4n) is 1.70. The number of hydrogen-bond acceptors (Lipinski definition) is 5. The van der Waals surface area contributed by atoms with Crippen LogP contribution in [0.1, 0.15) is 10.4 Å². The van der Waals surface area contributed by atoms with Crippen molar-refractivity contribution in [2.24, 2.45) is 0 Å². The van der Waals surface area contributed by atoms with E-state index in [2.05, 4.69) is 20.7 Å². The summed E-state index contributed by atoms with van der Waals surface area (Å²) in [5.41, 5.74) is 0.215. The van der Waals surface area contributed by atoms with E-state index in [0.717, 1.165) is 0 Å². The van der Waals surface area contributed by atoms with Crippen molar-refractivity contribution in [3.8, 4) is 5.75 Å². The van der Waals surface area contributed by atoms with Gasteiger partial charge in [-0.3, -0.25) is 4.72 Å². The lowest BCUT2D eigenvalue weighted by atomic mass is 10.2. The number of benzene rings is 2. The summed E-state index contributed by atoms with van der Waals surface area (Å²) < 4.78 is 32.5. The summed E-state index contributed by atoms with van der Waals surface area (Å²) in [5, 5.41) is 10.6. The maximum Gasteiger partial charge on any atom is 0.261 e. The molecule has 0 saturated heterocycles. The number of carboxylic acid groups (broad SMARTS) is 1. The van der Waals surface area contributed by atoms with E-state index in [4.69, 9.17) is 4.74 Å². The van der Waals surface area contributed by atoms with Crippen molar-refractivity contribution in [3.05, 3.63) is 52.5 Å². The molecular formula is C14H11BrNO5S-. The van der Waals surface area contributed by atoms with Crippen molar-refractivity contribution in [3.63, 3.8) is 0 Å². The Balaban J connectivity index is 2.27. The Morgan fingerprint density at radius 1 is 1.18 bits per heavy atom. The number of carbonyl (C=O) groups is 1. The van der Waals surface area contributed by atoms with Crippen molar-refractivity contribution >= 4 is 37.6 Å². The van der Waals surface area contributed by atoms with E-state index >= 15 is 0 Å². The molecule has 0 aliphatic rings. The maximum absolute atomic E-state index is 12.3. The van der Waals surface area contributed by atoms with Gasteiger partial charge in [0, 0.05) is 5.69 Å². The summed E-state index contributed by atoms with van der Waals surface area (Å²) >= 11 is 3.22. The number of hydrogen-bond donors (Lipinski definition) is 1. The smallest absolute Gasteiger partial charge is 0.261 e. The molecule has 8 heteroatoms. The topological polar surface area (TPSA) is 95.5 Å². The highest BCUT2D eigenvalue weighted by atomic mass is 79.9. The van der Waals surface area contributed by atoms with Crippen molar-refractivity contribution in [1.82, 2.24) is 0 Å². The Morgan fingerprint density at radius 3 is 2.32 bits per heavy atom. The average molecular weight is 385 g/mol. The number of methoxy groups -OCH3 is 1. The van der Waals surface area contributed by atoms with E-state index in [1.54, 1.807) is 0 Å². The van der Waals surface area contributed by atoms with Crippen molar-refractivity contribution in [1.29, 1.82) is 0 Å². The molecule has 6 nitrogen and oxygen atoms in total. The molecule has 0 radical (unpaired) electrons. The number of carbonyl (C=O) groups excluding carboxylic acids is 1. The van der Waals surface area contributed by atoms with Crippen LogP contribution >= 0.6 is 15.9 Å². The number of anilines is 1. The summed E-state index contributed by atoms with van der Waals surface area (Å²) in [6.07, 6.45) is 0. The number of rotatable bonds is 5. The zero-order valence-corrected chi connectivity index (χ0v) is 13.8. The summed E-state index contributed by atoms with van der Waals surface area (Å²) in [7, 11) is -2.31. The van der Waals surface area contributed by atoms with Crippen molar-refractivity contribution < 1.29 is 23.1 Å². The molecule has 2 aromatic rings. The summed E-state index contributed by atoms with van der Waals surface area (Å²) in [6.45, 7) is 0. The molecule has 0 aromatic heterocycles. The standard InChI is InChI=1S/C14H12BrNO5S/c1-21-13-7-6-11(8-12(13)15)22(19,20)16-10-4-2-9(3-5-10)14(17)18/h2-8,16H,1H3,(H,17,18)/p-1. The molecule has 0 spiro atoms. The predicted molar refractivity (Wildman–Crippen MR) is 82.3 cm³/mol. The zero-order chi connectivity index (χ0) is 16.3. The minimum atomic E-state index is -3.79. The highest BCUT2D eigenvalue weighted by Crippen LogP contribution is 2.28. The molecule has 0 unspecified atom stereocenters. The fourth-order valence-corrected chi connectivity index (χ4v) is 3.48. The number of aromatic carboxylic acids is 1. The first-order chi connectivity index (χ1) is 10.3. The molecule has 0 bridgehead atoms. The van der Waals surface area contributed by atoms with Crippen LogP contribution in [-0.2, 0) is 10.0 Å². The molecule has 0 fully saturated rings. The van der Waals surface area contributed by atoms with Gasteiger partial charge in [-0.25, -0.2) is 8.42 Å². The monoisotopic (exact) mass is 384 g/mol. The number of halogens is 1. The van der Waals surface area contributed by atoms with Crippen LogP contribution in [0.3, 0.4) is 0 Å². The van der Waals surface area contributed by atoms with Crippen LogP contribution in [0.2, 0.25) is 0 Å². The quantitative estimate of drug-likeness (QED) is 0.844. The summed E-state index contributed by atoms with van der Waals surface area (Å²) in [5.74, 6) is -0.814. The lowest BCUT2D eigenvalue weighted by Crippen LogP contribution is -2.22. The third kappa shape index (κ3) is 3.58. The Kier molecular flexibility index (Phi) is 4.72. The van der Waals surface area contributed by atoms with Gasteiger partial charge in [0.05, 0.1) is 22.4 Å². The van der Waals surface area contributed by atoms with Gasteiger partial charge in [0.15, 0.2) is 0 Å². The van der Waals surface area contributed by atoms with Gasteiger partial charge in [-0.05, 0) is 51.8 Å². The second-order valence-electron chi connectivity index (χ2n) is 4.27. The molecule has 0 amide bonds. The fraction of sp³-hybridized carbons (Fsp3) is 0.0714. The molecule has 0 aliphatic carbocycles. The normalized spacial score (nSPS) is 11.0. The first-order valence-corrected chi connectivity index (χ1v) is 8.29. The molecule has 116 valence electrons. The third-order valence-electron chi connectivity index (χ3n) is 2.81. The Bertz CT molecular complexity index is 802. The highest BCUT2D eigenvalue weighted by Gasteiger charge is 2.16. The van der Waals surface area contributed by atoms with Gasteiger partial charge in [0.2, 0.25) is 0 Å². The third-order valence-corrected chi connectivity index (χ3v) is 4.81. The Hall–Kier alpha value is -2.06. The molecule has 1 N–H and O–H groups in total. The molecule has 2 aromatic carbocycles. The lowest BCUT2D eigenvalue weighted by Gasteiger charge is -2.10. The van der Waals surface area contributed by atoms with E-state index in [9.17, 15) is 18.3 Å². The molecule has 22 heavy (non-hydrogen) atoms. The van der Waals surface area contributed by atoms with Crippen LogP contribution in [0.4, 0.5) is 5.69 Å². The van der Waals surface area contributed by atoms with Crippen molar-refractivity contribution in [2.75, 3.05) is 11.8 Å². The largest absolute Gasteiger partial charge is 0.545 e. The Morgan fingerprint density at radius 2 is 1.82 bits per heavy atom. The first-order valence-electron chi connectivity index (χ1n) is 6.01. The van der Waals surface area contributed by atoms with Crippen LogP contribution in [0.25, 0.3) is 0 Å². The zero-order valence-electron chi connectivity index (χ0n) is 11.4. The summed E-state index contributed by atoms with van der Waals surface area (Å²) in [4.78, 5) is 10.7. The minimum absolute atomic E-state index is 0.0323. The van der Waals surface area contributed by atoms with Crippen LogP contribution < -0.4 is 14.6 Å². The van der Waals surface area contributed by atoms with Gasteiger partial charge in [-0.2, -0.15) is 0 Å². The van der Waals surface area contributed by atoms with Gasteiger partial charge in [0.1, 0.15) is 5.75 Å². The van der Waals surface area contributed by atoms with Gasteiger partial charge in [0.25, 0.3) is 10.0 Å². The van der Waals surface area contributed by atoms with Crippen LogP contribution in [0.5, 0.6) is 5.75 Å². The van der Waals surface area contributed by atoms with E-state index < -0.39 is 16.0 Å². The molecular weight excluding hydrogens is 374 g/mol. The van der Waals surface area contributed by atoms with E-state index in [-0.39, 0.29) is 16.1 Å². The second-order valence-corrected chi connectivity index (χ2v) is 6.80. The predicted octanol–water partition coefficient (Wildman–Crippen LogP) is 1.62. The van der Waals surface area contributed by atoms with Gasteiger partial charge in [-0.1, -0.05) is 12.1 Å². The highest BCUT2D eigenvalue weighted by molar-refractivity contribution is 9.10. The summed E-state index contributed by atoms with van der Waals surface area (Å²) in [6, 6.07) is 9.56. The first kappa shape index (κ1) is 16.3. The second kappa shape index (κ2) is 6.37. The SMILES string of the molecule is COc1ccc(S(=O)(=O)Nc2ccc(C(=O)[O-])cc2)cc1Br. The molecule has 0 heterocycles. The van der Waals surface area contributed by atoms with E-state index in [1.807, 2.05) is 0 Å². The molecule has 2 rings (SSSR count). The Labute approximate surface area is 135 Å². The molecule has 0 atom stereocenters. The van der Waals surface area contributed by atoms with Crippen LogP contribution in [0.15, 0.2) is 51.8 Å². The maximum atomic E-state index is 12.3. The van der Waals surface area contributed by atoms with E-state index in [0.29, 0.717) is 10.2 Å².